The van der Waals surface area contributed by atoms with E-state index in [0.29, 0.717) is 0 Å². The molecule has 0 bridgehead atoms. The molecule has 3 nitrogen and oxygen atoms in total. The number of carbonyl (C=O) groups excluding carboxylic acids is 1. The van der Waals surface area contributed by atoms with Gasteiger partial charge in [-0.3, -0.25) is 4.79 Å². The van der Waals surface area contributed by atoms with Crippen LogP contribution in [0, 0.1) is 12.8 Å². The van der Waals surface area contributed by atoms with Gasteiger partial charge in [-0.15, -0.1) is 0 Å². The zero-order chi connectivity index (χ0) is 17.3. The van der Waals surface area contributed by atoms with Crippen LogP contribution in [0.3, 0.4) is 0 Å². The minimum absolute atomic E-state index is 0.0102. The number of nitrogens with zero attached hydrogens (tertiary/aromatic N) is 1. The minimum atomic E-state index is 0.0102. The van der Waals surface area contributed by atoms with Crippen molar-refractivity contribution in [2.24, 2.45) is 5.92 Å². The Bertz CT molecular complexity index is 727. The Kier molecular flexibility index (Phi) is 4.79. The molecular formula is C21H28N2O. The third-order valence-electron chi connectivity index (χ3n) is 5.20. The van der Waals surface area contributed by atoms with Crippen LogP contribution >= 0.6 is 0 Å². The zero-order valence-corrected chi connectivity index (χ0v) is 15.2. The topological polar surface area (TPSA) is 34.0 Å². The summed E-state index contributed by atoms with van der Waals surface area (Å²) in [6, 6.07) is 10.5. The van der Waals surface area contributed by atoms with E-state index in [1.807, 2.05) is 19.1 Å². The van der Waals surface area contributed by atoms with Crippen LogP contribution in [0.1, 0.15) is 60.9 Å². The number of hydrogen-bond acceptors (Lipinski definition) is 1. The van der Waals surface area contributed by atoms with E-state index in [9.17, 15) is 4.79 Å². The Morgan fingerprint density at radius 3 is 2.71 bits per heavy atom. The molecule has 0 spiro atoms. The van der Waals surface area contributed by atoms with Crippen LogP contribution in [0.5, 0.6) is 0 Å². The van der Waals surface area contributed by atoms with Gasteiger partial charge in [0.1, 0.15) is 0 Å². The summed E-state index contributed by atoms with van der Waals surface area (Å²) in [5.41, 5.74) is 6.10. The first-order chi connectivity index (χ1) is 11.5. The van der Waals surface area contributed by atoms with Crippen LogP contribution in [-0.4, -0.2) is 16.5 Å². The van der Waals surface area contributed by atoms with E-state index >= 15 is 0 Å². The molecule has 0 unspecified atom stereocenters. The van der Waals surface area contributed by atoms with E-state index in [2.05, 4.69) is 48.9 Å². The average Bonchev–Trinajstić information content (AvgIpc) is 2.89. The highest BCUT2D eigenvalue weighted by Crippen LogP contribution is 2.30. The van der Waals surface area contributed by atoms with Gasteiger partial charge in [0.2, 0.25) is 0 Å². The SMILES string of the molecule is CC[C@@H](C)NC(=O)c1ccc(-n2c(C)cc3c2CC[C@@H](C)C3)cc1. The number of aromatic nitrogens is 1. The molecule has 1 amide bonds. The van der Waals surface area contributed by atoms with E-state index in [-0.39, 0.29) is 11.9 Å². The lowest BCUT2D eigenvalue weighted by molar-refractivity contribution is 0.0939. The van der Waals surface area contributed by atoms with Gasteiger partial charge in [-0.2, -0.15) is 0 Å². The summed E-state index contributed by atoms with van der Waals surface area (Å²) in [4.78, 5) is 12.2. The number of aryl methyl sites for hydroxylation is 1. The van der Waals surface area contributed by atoms with Crippen molar-refractivity contribution in [3.8, 4) is 5.69 Å². The summed E-state index contributed by atoms with van der Waals surface area (Å²) in [5.74, 6) is 0.787. The predicted molar refractivity (Wildman–Crippen MR) is 98.9 cm³/mol. The second-order valence-corrected chi connectivity index (χ2v) is 7.27. The fourth-order valence-electron chi connectivity index (χ4n) is 3.60. The van der Waals surface area contributed by atoms with Gasteiger partial charge in [0.05, 0.1) is 0 Å². The maximum atomic E-state index is 12.2. The van der Waals surface area contributed by atoms with Crippen molar-refractivity contribution in [2.75, 3.05) is 0 Å². The van der Waals surface area contributed by atoms with Crippen LogP contribution < -0.4 is 5.32 Å². The maximum absolute atomic E-state index is 12.2. The average molecular weight is 324 g/mol. The van der Waals surface area contributed by atoms with E-state index in [1.54, 1.807) is 0 Å². The summed E-state index contributed by atoms with van der Waals surface area (Å²) in [6.45, 7) is 8.61. The molecule has 0 saturated heterocycles. The number of benzene rings is 1. The normalized spacial score (nSPS) is 18.1. The Morgan fingerprint density at radius 1 is 1.33 bits per heavy atom. The fraction of sp³-hybridized carbons (Fsp3) is 0.476. The lowest BCUT2D eigenvalue weighted by Crippen LogP contribution is -2.31. The first-order valence-corrected chi connectivity index (χ1v) is 9.11. The van der Waals surface area contributed by atoms with Gasteiger partial charge < -0.3 is 9.88 Å². The summed E-state index contributed by atoms with van der Waals surface area (Å²) in [5, 5.41) is 3.02. The molecule has 128 valence electrons. The van der Waals surface area contributed by atoms with Crippen LogP contribution in [-0.2, 0) is 12.8 Å². The minimum Gasteiger partial charge on any atom is -0.350 e. The van der Waals surface area contributed by atoms with Crippen molar-refractivity contribution in [3.05, 3.63) is 52.8 Å². The monoisotopic (exact) mass is 324 g/mol. The van der Waals surface area contributed by atoms with Gasteiger partial charge in [0.25, 0.3) is 5.91 Å². The molecule has 0 saturated carbocycles. The highest BCUT2D eigenvalue weighted by molar-refractivity contribution is 5.94. The summed E-state index contributed by atoms with van der Waals surface area (Å²) in [6.07, 6.45) is 4.52. The molecule has 1 aliphatic carbocycles. The number of carbonyl (C=O) groups is 1. The molecule has 1 aliphatic rings. The molecule has 2 atom stereocenters. The van der Waals surface area contributed by atoms with Crippen molar-refractivity contribution in [2.45, 2.75) is 59.4 Å². The van der Waals surface area contributed by atoms with Crippen molar-refractivity contribution >= 4 is 5.91 Å². The smallest absolute Gasteiger partial charge is 0.251 e. The third-order valence-corrected chi connectivity index (χ3v) is 5.20. The molecule has 0 aliphatic heterocycles. The Morgan fingerprint density at radius 2 is 2.04 bits per heavy atom. The third kappa shape index (κ3) is 3.26. The number of hydrogen-bond donors (Lipinski definition) is 1. The Hall–Kier alpha value is -2.03. The lowest BCUT2D eigenvalue weighted by atomic mass is 9.89. The van der Waals surface area contributed by atoms with E-state index in [4.69, 9.17) is 0 Å². The largest absolute Gasteiger partial charge is 0.350 e. The standard InChI is InChI=1S/C21H28N2O/c1-5-15(3)22-21(24)17-7-9-19(10-8-17)23-16(4)13-18-12-14(2)6-11-20(18)23/h7-10,13-15H,5-6,11-12H2,1-4H3,(H,22,24)/t14-,15-/m1/s1. The van der Waals surface area contributed by atoms with Gasteiger partial charge in [-0.05, 0) is 81.3 Å². The highest BCUT2D eigenvalue weighted by Gasteiger charge is 2.21. The quantitative estimate of drug-likeness (QED) is 0.886. The van der Waals surface area contributed by atoms with Crippen molar-refractivity contribution in [1.29, 1.82) is 0 Å². The Labute approximate surface area is 145 Å². The first kappa shape index (κ1) is 16.8. The van der Waals surface area contributed by atoms with Crippen LogP contribution in [0.4, 0.5) is 0 Å². The maximum Gasteiger partial charge on any atom is 0.251 e. The molecule has 1 aromatic carbocycles. The molecule has 3 heteroatoms. The zero-order valence-electron chi connectivity index (χ0n) is 15.2. The molecule has 1 N–H and O–H groups in total. The van der Waals surface area contributed by atoms with Gasteiger partial charge in [-0.1, -0.05) is 13.8 Å². The van der Waals surface area contributed by atoms with Crippen molar-refractivity contribution in [1.82, 2.24) is 9.88 Å². The molecule has 0 fully saturated rings. The summed E-state index contributed by atoms with van der Waals surface area (Å²) >= 11 is 0. The number of nitrogens with one attached hydrogen (secondary N) is 1. The number of rotatable bonds is 4. The second kappa shape index (κ2) is 6.84. The molecule has 1 heterocycles. The summed E-state index contributed by atoms with van der Waals surface area (Å²) in [7, 11) is 0. The van der Waals surface area contributed by atoms with Crippen molar-refractivity contribution < 1.29 is 4.79 Å². The van der Waals surface area contributed by atoms with Crippen LogP contribution in [0.15, 0.2) is 30.3 Å². The molecule has 0 radical (unpaired) electrons. The molecule has 1 aromatic heterocycles. The van der Waals surface area contributed by atoms with Crippen LogP contribution in [0.2, 0.25) is 0 Å². The molecular weight excluding hydrogens is 296 g/mol. The van der Waals surface area contributed by atoms with Crippen molar-refractivity contribution in [3.63, 3.8) is 0 Å². The van der Waals surface area contributed by atoms with Gasteiger partial charge in [-0.25, -0.2) is 0 Å². The fourth-order valence-corrected chi connectivity index (χ4v) is 3.60. The van der Waals surface area contributed by atoms with Gasteiger partial charge in [0.15, 0.2) is 0 Å². The van der Waals surface area contributed by atoms with Crippen LogP contribution in [0.25, 0.3) is 5.69 Å². The van der Waals surface area contributed by atoms with Gasteiger partial charge >= 0.3 is 0 Å². The van der Waals surface area contributed by atoms with E-state index in [0.717, 1.165) is 30.0 Å². The molecule has 24 heavy (non-hydrogen) atoms. The first-order valence-electron chi connectivity index (χ1n) is 9.11. The lowest BCUT2D eigenvalue weighted by Gasteiger charge is -2.21. The number of fused-ring (bicyclic) bond motifs is 1. The number of amides is 1. The highest BCUT2D eigenvalue weighted by atomic mass is 16.1. The van der Waals surface area contributed by atoms with Gasteiger partial charge in [0, 0.05) is 28.7 Å². The summed E-state index contributed by atoms with van der Waals surface area (Å²) < 4.78 is 2.36. The molecule has 2 aromatic rings. The second-order valence-electron chi connectivity index (χ2n) is 7.27. The predicted octanol–water partition coefficient (Wildman–Crippen LogP) is 4.44. The van der Waals surface area contributed by atoms with E-state index < -0.39 is 0 Å². The van der Waals surface area contributed by atoms with E-state index in [1.165, 1.54) is 29.8 Å². The molecule has 3 rings (SSSR count). The Balaban J connectivity index is 1.86.